The van der Waals surface area contributed by atoms with Crippen LogP contribution in [0.4, 0.5) is 0 Å². The highest BCUT2D eigenvalue weighted by Crippen LogP contribution is 2.36. The van der Waals surface area contributed by atoms with Crippen LogP contribution in [0.1, 0.15) is 203 Å². The van der Waals surface area contributed by atoms with Crippen molar-refractivity contribution in [3.05, 3.63) is 58.7 Å². The predicted octanol–water partition coefficient (Wildman–Crippen LogP) is 15.7. The van der Waals surface area contributed by atoms with E-state index >= 15 is 0 Å². The van der Waals surface area contributed by atoms with E-state index in [9.17, 15) is 0 Å². The number of rotatable bonds is 23. The Morgan fingerprint density at radius 3 is 1.04 bits per heavy atom. The minimum absolute atomic E-state index is 0.953. The lowest BCUT2D eigenvalue weighted by atomic mass is 9.77. The van der Waals surface area contributed by atoms with Crippen molar-refractivity contribution in [2.45, 2.75) is 207 Å². The van der Waals surface area contributed by atoms with Crippen LogP contribution in [0.15, 0.2) is 36.4 Å². The average Bonchev–Trinajstić information content (AvgIpc) is 3.11. The molecule has 2 aliphatic rings. The Hall–Kier alpha value is -1.56. The Bertz CT molecular complexity index is 1020. The largest absolute Gasteiger partial charge is 0.0654 e. The van der Waals surface area contributed by atoms with Crippen LogP contribution in [0.3, 0.4) is 0 Å². The Morgan fingerprint density at radius 1 is 0.396 bits per heavy atom. The summed E-state index contributed by atoms with van der Waals surface area (Å²) in [6.45, 7) is 9.33. The molecule has 0 atom stereocenters. The average molecular weight is 655 g/mol. The number of benzene rings is 2. The second-order valence-corrected chi connectivity index (χ2v) is 17.0. The smallest absolute Gasteiger partial charge is 0.0181 e. The van der Waals surface area contributed by atoms with Crippen LogP contribution in [-0.4, -0.2) is 0 Å². The van der Waals surface area contributed by atoms with Gasteiger partial charge in [0, 0.05) is 0 Å². The fraction of sp³-hybridized carbons (Fsp3) is 0.750. The normalized spacial score (nSPS) is 21.5. The van der Waals surface area contributed by atoms with Crippen molar-refractivity contribution in [3.63, 3.8) is 0 Å². The van der Waals surface area contributed by atoms with E-state index in [4.69, 9.17) is 0 Å². The molecule has 48 heavy (non-hydrogen) atoms. The third kappa shape index (κ3) is 14.4. The second-order valence-electron chi connectivity index (χ2n) is 17.0. The highest BCUT2D eigenvalue weighted by Gasteiger charge is 2.22. The molecule has 0 bridgehead atoms. The van der Waals surface area contributed by atoms with Gasteiger partial charge in [-0.3, -0.25) is 0 Å². The molecule has 2 aromatic rings. The first-order chi connectivity index (χ1) is 23.6. The van der Waals surface area contributed by atoms with Gasteiger partial charge >= 0.3 is 0 Å². The van der Waals surface area contributed by atoms with Gasteiger partial charge in [-0.05, 0) is 96.6 Å². The third-order valence-electron chi connectivity index (χ3n) is 13.0. The molecule has 4 rings (SSSR count). The van der Waals surface area contributed by atoms with E-state index in [1.165, 1.54) is 202 Å². The summed E-state index contributed by atoms with van der Waals surface area (Å²) in [6.07, 6.45) is 40.5. The molecule has 2 aliphatic carbocycles. The lowest BCUT2D eigenvalue weighted by Crippen LogP contribution is -2.15. The van der Waals surface area contributed by atoms with E-state index in [2.05, 4.69) is 64.1 Å². The van der Waals surface area contributed by atoms with Crippen LogP contribution < -0.4 is 0 Å². The molecule has 0 nitrogen and oxygen atoms in total. The molecule has 0 unspecified atom stereocenters. The van der Waals surface area contributed by atoms with Crippen molar-refractivity contribution in [1.29, 1.82) is 0 Å². The molecule has 2 fully saturated rings. The quantitative estimate of drug-likeness (QED) is 0.105. The maximum absolute atomic E-state index is 2.47. The Kier molecular flexibility index (Phi) is 18.8. The van der Waals surface area contributed by atoms with Crippen LogP contribution in [0, 0.1) is 37.5 Å². The fourth-order valence-electron chi connectivity index (χ4n) is 9.43. The highest BCUT2D eigenvalue weighted by atomic mass is 14.3. The van der Waals surface area contributed by atoms with Gasteiger partial charge in [0.2, 0.25) is 0 Å². The second kappa shape index (κ2) is 23.0. The minimum atomic E-state index is 0.953. The SMILES string of the molecule is CCCCCCCCCC1CCC(CCc2ccc(-c3ccc(CCC4CCC(CCCCCCCCC)CC4)c(C)c3)cc2C)CC1. The fourth-order valence-corrected chi connectivity index (χ4v) is 9.43. The number of unbranched alkanes of at least 4 members (excludes halogenated alkanes) is 12. The zero-order valence-corrected chi connectivity index (χ0v) is 32.6. The van der Waals surface area contributed by atoms with E-state index < -0.39 is 0 Å². The monoisotopic (exact) mass is 655 g/mol. The standard InChI is InChI=1S/C48H78/c1-5-7-9-11-13-15-17-19-41-21-25-43(26-22-41)29-31-45-33-35-47(37-39(45)3)48-36-34-46(40(4)38-48)32-30-44-27-23-42(24-28-44)20-18-16-14-12-10-8-6-2/h33-38,41-44H,5-32H2,1-4H3. The van der Waals surface area contributed by atoms with Gasteiger partial charge in [-0.15, -0.1) is 0 Å². The molecule has 2 saturated carbocycles. The van der Waals surface area contributed by atoms with Gasteiger partial charge in [0.05, 0.1) is 0 Å². The third-order valence-corrected chi connectivity index (χ3v) is 13.0. The molecule has 2 aromatic carbocycles. The lowest BCUT2D eigenvalue weighted by molar-refractivity contribution is 0.248. The zero-order chi connectivity index (χ0) is 33.8. The summed E-state index contributed by atoms with van der Waals surface area (Å²) in [5.74, 6) is 3.96. The van der Waals surface area contributed by atoms with Gasteiger partial charge in [-0.25, -0.2) is 0 Å². The van der Waals surface area contributed by atoms with E-state index in [1.54, 1.807) is 11.1 Å². The van der Waals surface area contributed by atoms with Crippen molar-refractivity contribution in [2.24, 2.45) is 23.7 Å². The van der Waals surface area contributed by atoms with Crippen LogP contribution in [0.2, 0.25) is 0 Å². The highest BCUT2D eigenvalue weighted by molar-refractivity contribution is 5.66. The summed E-state index contributed by atoms with van der Waals surface area (Å²) in [5.41, 5.74) is 8.94. The van der Waals surface area contributed by atoms with Crippen molar-refractivity contribution in [3.8, 4) is 11.1 Å². The van der Waals surface area contributed by atoms with Gasteiger partial charge in [-0.1, -0.05) is 204 Å². The van der Waals surface area contributed by atoms with Gasteiger partial charge in [0.25, 0.3) is 0 Å². The van der Waals surface area contributed by atoms with Gasteiger partial charge in [0.15, 0.2) is 0 Å². The van der Waals surface area contributed by atoms with Crippen molar-refractivity contribution < 1.29 is 0 Å². The van der Waals surface area contributed by atoms with Gasteiger partial charge < -0.3 is 0 Å². The summed E-state index contributed by atoms with van der Waals surface area (Å²) in [4.78, 5) is 0. The van der Waals surface area contributed by atoms with Gasteiger partial charge in [-0.2, -0.15) is 0 Å². The molecule has 0 amide bonds. The summed E-state index contributed by atoms with van der Waals surface area (Å²) in [6, 6.07) is 14.6. The lowest BCUT2D eigenvalue weighted by Gasteiger charge is -2.29. The number of aryl methyl sites for hydroxylation is 4. The van der Waals surface area contributed by atoms with Crippen LogP contribution in [-0.2, 0) is 12.8 Å². The van der Waals surface area contributed by atoms with Crippen molar-refractivity contribution in [2.75, 3.05) is 0 Å². The molecule has 0 aliphatic heterocycles. The molecule has 0 heteroatoms. The Labute approximate surface area is 300 Å². The number of hydrogen-bond acceptors (Lipinski definition) is 0. The number of hydrogen-bond donors (Lipinski definition) is 0. The first-order valence-electron chi connectivity index (χ1n) is 21.7. The molecule has 270 valence electrons. The molecular weight excluding hydrogens is 577 g/mol. The van der Waals surface area contributed by atoms with Gasteiger partial charge in [0.1, 0.15) is 0 Å². The van der Waals surface area contributed by atoms with Crippen molar-refractivity contribution in [1.82, 2.24) is 0 Å². The summed E-state index contributed by atoms with van der Waals surface area (Å²) in [7, 11) is 0. The summed E-state index contributed by atoms with van der Waals surface area (Å²) >= 11 is 0. The van der Waals surface area contributed by atoms with E-state index in [-0.39, 0.29) is 0 Å². The van der Waals surface area contributed by atoms with Crippen LogP contribution in [0.25, 0.3) is 11.1 Å². The molecular formula is C48H78. The van der Waals surface area contributed by atoms with E-state index in [0.29, 0.717) is 0 Å². The summed E-state index contributed by atoms with van der Waals surface area (Å²) < 4.78 is 0. The Balaban J connectivity index is 1.11. The minimum Gasteiger partial charge on any atom is -0.0654 e. The maximum Gasteiger partial charge on any atom is -0.0181 e. The predicted molar refractivity (Wildman–Crippen MR) is 214 cm³/mol. The molecule has 0 heterocycles. The molecule has 0 N–H and O–H groups in total. The van der Waals surface area contributed by atoms with E-state index in [1.807, 2.05) is 0 Å². The van der Waals surface area contributed by atoms with Crippen LogP contribution in [0.5, 0.6) is 0 Å². The summed E-state index contributed by atoms with van der Waals surface area (Å²) in [5, 5.41) is 0. The molecule has 0 aromatic heterocycles. The topological polar surface area (TPSA) is 0 Å². The maximum atomic E-state index is 2.47. The first kappa shape index (κ1) is 39.2. The van der Waals surface area contributed by atoms with Crippen molar-refractivity contribution >= 4 is 0 Å². The van der Waals surface area contributed by atoms with E-state index in [0.717, 1.165) is 23.7 Å². The molecule has 0 spiro atoms. The first-order valence-corrected chi connectivity index (χ1v) is 21.7. The van der Waals surface area contributed by atoms with Crippen LogP contribution >= 0.6 is 0 Å². The molecule has 0 radical (unpaired) electrons. The molecule has 0 saturated heterocycles. The Morgan fingerprint density at radius 2 is 0.708 bits per heavy atom. The zero-order valence-electron chi connectivity index (χ0n) is 32.6.